The van der Waals surface area contributed by atoms with Gasteiger partial charge in [0.25, 0.3) is 0 Å². The van der Waals surface area contributed by atoms with Crippen molar-refractivity contribution in [2.75, 3.05) is 6.61 Å². The van der Waals surface area contributed by atoms with Crippen molar-refractivity contribution in [3.8, 4) is 0 Å². The zero-order valence-electron chi connectivity index (χ0n) is 11.3. The molecule has 2 aromatic carbocycles. The maximum Gasteiger partial charge on any atom is 0.102 e. The van der Waals surface area contributed by atoms with Gasteiger partial charge in [0.1, 0.15) is 6.10 Å². The van der Waals surface area contributed by atoms with Gasteiger partial charge >= 0.3 is 0 Å². The van der Waals surface area contributed by atoms with Crippen LogP contribution in [0.3, 0.4) is 0 Å². The molecule has 2 nitrogen and oxygen atoms in total. The molecule has 2 aromatic rings. The molecule has 19 heavy (non-hydrogen) atoms. The second-order valence-corrected chi connectivity index (χ2v) is 4.64. The molecule has 0 aromatic heterocycles. The van der Waals surface area contributed by atoms with Crippen molar-refractivity contribution in [3.05, 3.63) is 71.8 Å². The summed E-state index contributed by atoms with van der Waals surface area (Å²) < 4.78 is 5.97. The standard InChI is InChI=1S/C17H21NO/c1-2-13-19-17(15-11-7-4-8-12-15)16(18)14-9-5-3-6-10-14/h3-12,16-17H,2,13,18H2,1H3. The fraction of sp³-hybridized carbons (Fsp3) is 0.294. The summed E-state index contributed by atoms with van der Waals surface area (Å²) in [5.41, 5.74) is 8.62. The number of rotatable bonds is 6. The van der Waals surface area contributed by atoms with Crippen LogP contribution in [0, 0.1) is 0 Å². The Morgan fingerprint density at radius 3 is 1.95 bits per heavy atom. The van der Waals surface area contributed by atoms with Crippen LogP contribution in [0.15, 0.2) is 60.7 Å². The highest BCUT2D eigenvalue weighted by molar-refractivity contribution is 5.26. The van der Waals surface area contributed by atoms with Gasteiger partial charge in [-0.05, 0) is 17.5 Å². The summed E-state index contributed by atoms with van der Waals surface area (Å²) in [6.07, 6.45) is 0.897. The minimum absolute atomic E-state index is 0.0939. The van der Waals surface area contributed by atoms with Gasteiger partial charge in [-0.3, -0.25) is 0 Å². The van der Waals surface area contributed by atoms with Crippen molar-refractivity contribution in [1.29, 1.82) is 0 Å². The van der Waals surface area contributed by atoms with Crippen LogP contribution in [0.4, 0.5) is 0 Å². The molecule has 0 amide bonds. The van der Waals surface area contributed by atoms with Crippen LogP contribution in [-0.4, -0.2) is 6.61 Å². The molecule has 2 N–H and O–H groups in total. The first-order chi connectivity index (χ1) is 9.33. The molecule has 2 atom stereocenters. The van der Waals surface area contributed by atoms with E-state index in [-0.39, 0.29) is 12.1 Å². The van der Waals surface area contributed by atoms with E-state index in [1.165, 1.54) is 0 Å². The number of nitrogens with two attached hydrogens (primary N) is 1. The van der Waals surface area contributed by atoms with Crippen LogP contribution >= 0.6 is 0 Å². The third kappa shape index (κ3) is 3.66. The molecular formula is C17H21NO. The van der Waals surface area contributed by atoms with Gasteiger partial charge in [0.15, 0.2) is 0 Å². The number of ether oxygens (including phenoxy) is 1. The third-order valence-electron chi connectivity index (χ3n) is 3.14. The van der Waals surface area contributed by atoms with Gasteiger partial charge < -0.3 is 10.5 Å². The van der Waals surface area contributed by atoms with Gasteiger partial charge in [-0.25, -0.2) is 0 Å². The molecular weight excluding hydrogens is 234 g/mol. The molecule has 0 aliphatic rings. The van der Waals surface area contributed by atoms with Gasteiger partial charge in [0, 0.05) is 6.61 Å². The van der Waals surface area contributed by atoms with Crippen LogP contribution in [0.2, 0.25) is 0 Å². The molecule has 100 valence electrons. The lowest BCUT2D eigenvalue weighted by Crippen LogP contribution is -2.22. The summed E-state index contributed by atoms with van der Waals surface area (Å²) >= 11 is 0. The largest absolute Gasteiger partial charge is 0.372 e. The van der Waals surface area contributed by atoms with E-state index in [1.54, 1.807) is 0 Å². The summed E-state index contributed by atoms with van der Waals surface area (Å²) in [4.78, 5) is 0. The maximum absolute atomic E-state index is 6.39. The Balaban J connectivity index is 2.22. The fourth-order valence-electron chi connectivity index (χ4n) is 2.14. The van der Waals surface area contributed by atoms with Gasteiger partial charge in [-0.2, -0.15) is 0 Å². The van der Waals surface area contributed by atoms with Crippen LogP contribution < -0.4 is 5.73 Å². The summed E-state index contributed by atoms with van der Waals surface area (Å²) in [6.45, 7) is 2.83. The highest BCUT2D eigenvalue weighted by Crippen LogP contribution is 2.30. The molecule has 2 rings (SSSR count). The molecule has 0 saturated heterocycles. The van der Waals surface area contributed by atoms with E-state index in [0.717, 1.165) is 24.2 Å². The van der Waals surface area contributed by atoms with Gasteiger partial charge in [-0.15, -0.1) is 0 Å². The predicted molar refractivity (Wildman–Crippen MR) is 78.8 cm³/mol. The van der Waals surface area contributed by atoms with Crippen molar-refractivity contribution in [1.82, 2.24) is 0 Å². The molecule has 0 saturated carbocycles. The number of hydrogen-bond donors (Lipinski definition) is 1. The van der Waals surface area contributed by atoms with Crippen LogP contribution in [-0.2, 0) is 4.74 Å². The van der Waals surface area contributed by atoms with E-state index >= 15 is 0 Å². The number of hydrogen-bond acceptors (Lipinski definition) is 2. The molecule has 0 radical (unpaired) electrons. The normalized spacial score (nSPS) is 14.0. The van der Waals surface area contributed by atoms with E-state index in [4.69, 9.17) is 10.5 Å². The van der Waals surface area contributed by atoms with Gasteiger partial charge in [-0.1, -0.05) is 67.6 Å². The number of benzene rings is 2. The molecule has 0 heterocycles. The highest BCUT2D eigenvalue weighted by atomic mass is 16.5. The monoisotopic (exact) mass is 255 g/mol. The maximum atomic E-state index is 6.39. The molecule has 0 bridgehead atoms. The van der Waals surface area contributed by atoms with Crippen molar-refractivity contribution in [3.63, 3.8) is 0 Å². The van der Waals surface area contributed by atoms with E-state index in [1.807, 2.05) is 36.4 Å². The van der Waals surface area contributed by atoms with E-state index < -0.39 is 0 Å². The predicted octanol–water partition coefficient (Wildman–Crippen LogP) is 3.85. The van der Waals surface area contributed by atoms with Gasteiger partial charge in [0.05, 0.1) is 6.04 Å². The molecule has 2 heteroatoms. The molecule has 0 aliphatic heterocycles. The average Bonchev–Trinajstić information content (AvgIpc) is 2.49. The highest BCUT2D eigenvalue weighted by Gasteiger charge is 2.21. The molecule has 2 unspecified atom stereocenters. The first kappa shape index (κ1) is 13.8. The molecule has 0 spiro atoms. The minimum Gasteiger partial charge on any atom is -0.372 e. The summed E-state index contributed by atoms with van der Waals surface area (Å²) in [5.74, 6) is 0. The SMILES string of the molecule is CCCOC(c1ccccc1)C(N)c1ccccc1. The second-order valence-electron chi connectivity index (χ2n) is 4.64. The topological polar surface area (TPSA) is 35.2 Å². The Bertz CT molecular complexity index is 469. The average molecular weight is 255 g/mol. The first-order valence-corrected chi connectivity index (χ1v) is 6.80. The van der Waals surface area contributed by atoms with E-state index in [9.17, 15) is 0 Å². The smallest absolute Gasteiger partial charge is 0.102 e. The Kier molecular flexibility index (Phi) is 5.13. The van der Waals surface area contributed by atoms with Crippen LogP contribution in [0.1, 0.15) is 36.6 Å². The summed E-state index contributed by atoms with van der Waals surface area (Å²) in [5, 5.41) is 0. The summed E-state index contributed by atoms with van der Waals surface area (Å²) in [6, 6.07) is 20.2. The Morgan fingerprint density at radius 1 is 0.895 bits per heavy atom. The zero-order chi connectivity index (χ0) is 13.5. The minimum atomic E-state index is -0.143. The van der Waals surface area contributed by atoms with Crippen LogP contribution in [0.25, 0.3) is 0 Å². The van der Waals surface area contributed by atoms with E-state index in [0.29, 0.717) is 0 Å². The van der Waals surface area contributed by atoms with Crippen molar-refractivity contribution in [2.45, 2.75) is 25.5 Å². The quantitative estimate of drug-likeness (QED) is 0.850. The molecule has 0 fully saturated rings. The lowest BCUT2D eigenvalue weighted by molar-refractivity contribution is 0.0343. The lowest BCUT2D eigenvalue weighted by atomic mass is 9.96. The Hall–Kier alpha value is -1.64. The molecule has 0 aliphatic carbocycles. The van der Waals surface area contributed by atoms with Crippen LogP contribution in [0.5, 0.6) is 0 Å². The second kappa shape index (κ2) is 7.07. The van der Waals surface area contributed by atoms with Crippen molar-refractivity contribution >= 4 is 0 Å². The fourth-order valence-corrected chi connectivity index (χ4v) is 2.14. The summed E-state index contributed by atoms with van der Waals surface area (Å²) in [7, 11) is 0. The Morgan fingerprint density at radius 2 is 1.42 bits per heavy atom. The first-order valence-electron chi connectivity index (χ1n) is 6.80. The van der Waals surface area contributed by atoms with Crippen molar-refractivity contribution in [2.24, 2.45) is 5.73 Å². The Labute approximate surface area is 115 Å². The van der Waals surface area contributed by atoms with Gasteiger partial charge in [0.2, 0.25) is 0 Å². The van der Waals surface area contributed by atoms with E-state index in [2.05, 4.69) is 31.2 Å². The van der Waals surface area contributed by atoms with Crippen molar-refractivity contribution < 1.29 is 4.74 Å². The lowest BCUT2D eigenvalue weighted by Gasteiger charge is -2.25. The third-order valence-corrected chi connectivity index (χ3v) is 3.14. The zero-order valence-corrected chi connectivity index (χ0v) is 11.3.